The minimum Gasteiger partial charge on any atom is -0.388 e. The van der Waals surface area contributed by atoms with Crippen molar-refractivity contribution in [3.63, 3.8) is 0 Å². The van der Waals surface area contributed by atoms with Crippen molar-refractivity contribution >= 4 is 11.9 Å². The minimum absolute atomic E-state index is 0.0275. The van der Waals surface area contributed by atoms with Crippen LogP contribution in [0.4, 0.5) is 4.79 Å². The molecule has 1 aliphatic rings. The van der Waals surface area contributed by atoms with Crippen LogP contribution in [0, 0.1) is 11.3 Å². The molecule has 0 aromatic heterocycles. The van der Waals surface area contributed by atoms with Crippen molar-refractivity contribution in [2.45, 2.75) is 39.2 Å². The van der Waals surface area contributed by atoms with Crippen molar-refractivity contribution in [1.29, 1.82) is 5.41 Å². The average molecular weight is 226 g/mol. The summed E-state index contributed by atoms with van der Waals surface area (Å²) in [7, 11) is 0. The molecule has 1 aliphatic heterocycles. The summed E-state index contributed by atoms with van der Waals surface area (Å²) in [6.45, 7) is 5.70. The Hall–Kier alpha value is -1.26. The lowest BCUT2D eigenvalue weighted by molar-refractivity contribution is 0.167. The van der Waals surface area contributed by atoms with Gasteiger partial charge in [-0.1, -0.05) is 6.92 Å². The van der Waals surface area contributed by atoms with Crippen LogP contribution in [0.15, 0.2) is 0 Å². The molecule has 0 saturated carbocycles. The van der Waals surface area contributed by atoms with Gasteiger partial charge in [0.15, 0.2) is 0 Å². The number of hydrogen-bond acceptors (Lipinski definition) is 2. The fourth-order valence-corrected chi connectivity index (χ4v) is 2.06. The number of amides is 2. The Labute approximate surface area is 96.9 Å². The number of urea groups is 1. The maximum Gasteiger partial charge on any atom is 0.317 e. The van der Waals surface area contributed by atoms with Gasteiger partial charge in [-0.05, 0) is 25.7 Å². The van der Waals surface area contributed by atoms with Crippen molar-refractivity contribution in [1.82, 2.24) is 10.2 Å². The van der Waals surface area contributed by atoms with E-state index in [1.165, 1.54) is 6.42 Å². The van der Waals surface area contributed by atoms with E-state index in [0.29, 0.717) is 12.3 Å². The summed E-state index contributed by atoms with van der Waals surface area (Å²) in [5, 5.41) is 10.0. The van der Waals surface area contributed by atoms with Gasteiger partial charge in [0.05, 0.1) is 5.84 Å². The van der Waals surface area contributed by atoms with Crippen LogP contribution in [0.25, 0.3) is 0 Å². The molecule has 5 nitrogen and oxygen atoms in total. The highest BCUT2D eigenvalue weighted by Gasteiger charge is 2.21. The summed E-state index contributed by atoms with van der Waals surface area (Å²) in [5.74, 6) is 0.697. The van der Waals surface area contributed by atoms with Crippen LogP contribution >= 0.6 is 0 Å². The van der Waals surface area contributed by atoms with E-state index in [2.05, 4.69) is 12.2 Å². The number of hydrogen-bond donors (Lipinski definition) is 3. The molecule has 0 spiro atoms. The Morgan fingerprint density at radius 2 is 2.38 bits per heavy atom. The van der Waals surface area contributed by atoms with Crippen LogP contribution < -0.4 is 11.1 Å². The lowest BCUT2D eigenvalue weighted by atomic mass is 10.0. The lowest BCUT2D eigenvalue weighted by Gasteiger charge is -2.31. The molecule has 4 N–H and O–H groups in total. The molecular formula is C11H22N4O. The Bertz CT molecular complexity index is 267. The molecule has 0 aliphatic carbocycles. The fourth-order valence-electron chi connectivity index (χ4n) is 2.06. The maximum atomic E-state index is 11.8. The van der Waals surface area contributed by atoms with Crippen molar-refractivity contribution < 1.29 is 4.79 Å². The normalized spacial score (nSPS) is 22.6. The minimum atomic E-state index is -0.0674. The fraction of sp³-hybridized carbons (Fsp3) is 0.818. The van der Waals surface area contributed by atoms with Crippen molar-refractivity contribution in [2.24, 2.45) is 11.7 Å². The smallest absolute Gasteiger partial charge is 0.317 e. The SMILES string of the molecule is CC1CCCN(C(=O)NC(C)CC(=N)N)C1. The molecule has 0 radical (unpaired) electrons. The zero-order valence-corrected chi connectivity index (χ0v) is 10.1. The second-order valence-corrected chi connectivity index (χ2v) is 4.77. The molecule has 1 heterocycles. The van der Waals surface area contributed by atoms with Crippen LogP contribution in [-0.4, -0.2) is 35.9 Å². The molecule has 0 aromatic carbocycles. The highest BCUT2D eigenvalue weighted by atomic mass is 16.2. The van der Waals surface area contributed by atoms with E-state index in [4.69, 9.17) is 11.1 Å². The van der Waals surface area contributed by atoms with E-state index >= 15 is 0 Å². The number of rotatable bonds is 3. The van der Waals surface area contributed by atoms with Gasteiger partial charge >= 0.3 is 6.03 Å². The molecule has 5 heteroatoms. The highest BCUT2D eigenvalue weighted by molar-refractivity contribution is 5.79. The molecule has 2 amide bonds. The zero-order chi connectivity index (χ0) is 12.1. The third kappa shape index (κ3) is 4.08. The maximum absolute atomic E-state index is 11.8. The predicted octanol–water partition coefficient (Wildman–Crippen LogP) is 1.14. The van der Waals surface area contributed by atoms with Gasteiger partial charge in [0.2, 0.25) is 0 Å². The van der Waals surface area contributed by atoms with Crippen LogP contribution in [0.5, 0.6) is 0 Å². The van der Waals surface area contributed by atoms with Gasteiger partial charge in [0.25, 0.3) is 0 Å². The first-order chi connectivity index (χ1) is 7.49. The Balaban J connectivity index is 2.36. The van der Waals surface area contributed by atoms with Gasteiger partial charge in [-0.15, -0.1) is 0 Å². The summed E-state index contributed by atoms with van der Waals surface area (Å²) in [4.78, 5) is 13.7. The number of nitrogens with two attached hydrogens (primary N) is 1. The van der Waals surface area contributed by atoms with E-state index < -0.39 is 0 Å². The molecule has 0 bridgehead atoms. The zero-order valence-electron chi connectivity index (χ0n) is 10.1. The molecule has 2 atom stereocenters. The topological polar surface area (TPSA) is 82.2 Å². The van der Waals surface area contributed by atoms with Gasteiger partial charge in [0, 0.05) is 25.6 Å². The van der Waals surface area contributed by atoms with Crippen LogP contribution in [0.3, 0.4) is 0 Å². The monoisotopic (exact) mass is 226 g/mol. The van der Waals surface area contributed by atoms with Crippen molar-refractivity contribution in [2.75, 3.05) is 13.1 Å². The molecule has 16 heavy (non-hydrogen) atoms. The first-order valence-corrected chi connectivity index (χ1v) is 5.87. The summed E-state index contributed by atoms with van der Waals surface area (Å²) in [6, 6.07) is -0.0949. The van der Waals surface area contributed by atoms with E-state index in [-0.39, 0.29) is 17.9 Å². The van der Waals surface area contributed by atoms with Gasteiger partial charge < -0.3 is 16.0 Å². The highest BCUT2D eigenvalue weighted by Crippen LogP contribution is 2.15. The largest absolute Gasteiger partial charge is 0.388 e. The Morgan fingerprint density at radius 3 is 2.94 bits per heavy atom. The van der Waals surface area contributed by atoms with E-state index in [0.717, 1.165) is 19.5 Å². The van der Waals surface area contributed by atoms with E-state index in [1.807, 2.05) is 11.8 Å². The summed E-state index contributed by atoms with van der Waals surface area (Å²) in [5.41, 5.74) is 5.29. The molecule has 1 saturated heterocycles. The van der Waals surface area contributed by atoms with Crippen molar-refractivity contribution in [3.8, 4) is 0 Å². The van der Waals surface area contributed by atoms with Crippen LogP contribution in [0.2, 0.25) is 0 Å². The molecule has 2 unspecified atom stereocenters. The first-order valence-electron chi connectivity index (χ1n) is 5.87. The van der Waals surface area contributed by atoms with Gasteiger partial charge in [-0.3, -0.25) is 5.41 Å². The van der Waals surface area contributed by atoms with E-state index in [1.54, 1.807) is 0 Å². The second-order valence-electron chi connectivity index (χ2n) is 4.77. The summed E-state index contributed by atoms with van der Waals surface area (Å²) < 4.78 is 0. The van der Waals surface area contributed by atoms with E-state index in [9.17, 15) is 4.79 Å². The summed E-state index contributed by atoms with van der Waals surface area (Å²) in [6.07, 6.45) is 2.69. The van der Waals surface area contributed by atoms with Gasteiger partial charge in [-0.25, -0.2) is 4.79 Å². The third-order valence-corrected chi connectivity index (χ3v) is 2.84. The standard InChI is InChI=1S/C11H22N4O/c1-8-4-3-5-15(7-8)11(16)14-9(2)6-10(12)13/h8-9H,3-7H2,1-2H3,(H3,12,13)(H,14,16). The number of likely N-dealkylation sites (tertiary alicyclic amines) is 1. The number of carbonyl (C=O) groups is 1. The van der Waals surface area contributed by atoms with Crippen LogP contribution in [-0.2, 0) is 0 Å². The Morgan fingerprint density at radius 1 is 1.69 bits per heavy atom. The summed E-state index contributed by atoms with van der Waals surface area (Å²) >= 11 is 0. The molecule has 1 fully saturated rings. The third-order valence-electron chi connectivity index (χ3n) is 2.84. The molecular weight excluding hydrogens is 204 g/mol. The quantitative estimate of drug-likeness (QED) is 0.498. The number of amidine groups is 1. The Kier molecular flexibility index (Phi) is 4.58. The molecule has 92 valence electrons. The van der Waals surface area contributed by atoms with Gasteiger partial charge in [0.1, 0.15) is 0 Å². The van der Waals surface area contributed by atoms with Crippen LogP contribution in [0.1, 0.15) is 33.1 Å². The molecule has 0 aromatic rings. The first kappa shape index (κ1) is 12.8. The molecule has 1 rings (SSSR count). The number of piperidine rings is 1. The second kappa shape index (κ2) is 5.72. The predicted molar refractivity (Wildman–Crippen MR) is 64.5 cm³/mol. The number of carbonyl (C=O) groups excluding carboxylic acids is 1. The number of nitrogens with one attached hydrogen (secondary N) is 2. The van der Waals surface area contributed by atoms with Gasteiger partial charge in [-0.2, -0.15) is 0 Å². The lowest BCUT2D eigenvalue weighted by Crippen LogP contribution is -2.48. The van der Waals surface area contributed by atoms with Crippen molar-refractivity contribution in [3.05, 3.63) is 0 Å². The number of nitrogens with zero attached hydrogens (tertiary/aromatic N) is 1. The average Bonchev–Trinajstić information content (AvgIpc) is 2.16.